The van der Waals surface area contributed by atoms with Crippen molar-refractivity contribution in [3.05, 3.63) is 50.4 Å². The lowest BCUT2D eigenvalue weighted by atomic mass is 10.2. The summed E-state index contributed by atoms with van der Waals surface area (Å²) in [6, 6.07) is 5.31. The molecule has 0 saturated carbocycles. The van der Waals surface area contributed by atoms with Gasteiger partial charge in [0.2, 0.25) is 0 Å². The molecule has 0 unspecified atom stereocenters. The van der Waals surface area contributed by atoms with E-state index in [2.05, 4.69) is 16.8 Å². The van der Waals surface area contributed by atoms with Crippen LogP contribution in [0.15, 0.2) is 27.8 Å². The lowest BCUT2D eigenvalue weighted by Crippen LogP contribution is -2.37. The van der Waals surface area contributed by atoms with Gasteiger partial charge in [-0.2, -0.15) is 0 Å². The zero-order valence-electron chi connectivity index (χ0n) is 15.2. The number of methoxy groups -OCH3 is 2. The molecule has 0 atom stereocenters. The van der Waals surface area contributed by atoms with E-state index >= 15 is 0 Å². The molecular formula is C18H18N4O4. The lowest BCUT2D eigenvalue weighted by Gasteiger charge is -2.06. The van der Waals surface area contributed by atoms with Crippen molar-refractivity contribution in [1.29, 1.82) is 0 Å². The predicted molar refractivity (Wildman–Crippen MR) is 96.7 cm³/mol. The molecule has 134 valence electrons. The second-order valence-corrected chi connectivity index (χ2v) is 5.69. The fourth-order valence-electron chi connectivity index (χ4n) is 2.67. The number of hydrogen-bond donors (Lipinski definition) is 0. The first-order valence-corrected chi connectivity index (χ1v) is 7.75. The number of benzene rings is 1. The minimum atomic E-state index is -0.431. The molecule has 2 aromatic heterocycles. The summed E-state index contributed by atoms with van der Waals surface area (Å²) in [5.41, 5.74) is 0.497. The second kappa shape index (κ2) is 6.44. The van der Waals surface area contributed by atoms with Crippen LogP contribution in [-0.4, -0.2) is 32.9 Å². The third-order valence-corrected chi connectivity index (χ3v) is 4.18. The third-order valence-electron chi connectivity index (χ3n) is 4.18. The zero-order chi connectivity index (χ0) is 19.0. The number of aromatic nitrogens is 4. The van der Waals surface area contributed by atoms with E-state index in [4.69, 9.17) is 9.47 Å². The summed E-state index contributed by atoms with van der Waals surface area (Å²) < 4.78 is 14.4. The number of rotatable bonds is 2. The molecule has 0 saturated heterocycles. The average Bonchev–Trinajstić information content (AvgIpc) is 2.99. The maximum absolute atomic E-state index is 12.4. The van der Waals surface area contributed by atoms with E-state index in [-0.39, 0.29) is 0 Å². The zero-order valence-corrected chi connectivity index (χ0v) is 15.2. The summed E-state index contributed by atoms with van der Waals surface area (Å²) >= 11 is 0. The molecule has 0 bridgehead atoms. The van der Waals surface area contributed by atoms with E-state index in [1.807, 2.05) is 0 Å². The van der Waals surface area contributed by atoms with Crippen LogP contribution in [0.25, 0.3) is 11.2 Å². The molecule has 8 heteroatoms. The molecule has 1 aromatic carbocycles. The molecule has 0 aliphatic heterocycles. The molecule has 3 rings (SSSR count). The van der Waals surface area contributed by atoms with Crippen molar-refractivity contribution in [2.24, 2.45) is 21.1 Å². The van der Waals surface area contributed by atoms with E-state index in [0.717, 1.165) is 4.57 Å². The van der Waals surface area contributed by atoms with Crippen molar-refractivity contribution in [2.45, 2.75) is 0 Å². The fraction of sp³-hybridized carbons (Fsp3) is 0.278. The molecular weight excluding hydrogens is 336 g/mol. The summed E-state index contributed by atoms with van der Waals surface area (Å²) in [6.07, 6.45) is 0. The average molecular weight is 354 g/mol. The SMILES string of the molecule is COc1ccc(C#Cc2nc3c(c(=O)n(C)c(=O)n3C)n2C)cc1OC. The van der Waals surface area contributed by atoms with E-state index in [1.165, 1.54) is 11.6 Å². The molecule has 3 aromatic rings. The largest absolute Gasteiger partial charge is 0.493 e. The monoisotopic (exact) mass is 354 g/mol. The Morgan fingerprint density at radius 3 is 2.27 bits per heavy atom. The quantitative estimate of drug-likeness (QED) is 0.622. The molecule has 0 aliphatic carbocycles. The summed E-state index contributed by atoms with van der Waals surface area (Å²) in [7, 11) is 7.82. The van der Waals surface area contributed by atoms with Crippen molar-refractivity contribution < 1.29 is 9.47 Å². The van der Waals surface area contributed by atoms with E-state index in [9.17, 15) is 9.59 Å². The maximum atomic E-state index is 12.4. The molecule has 0 radical (unpaired) electrons. The van der Waals surface area contributed by atoms with Gasteiger partial charge in [0.25, 0.3) is 5.56 Å². The van der Waals surface area contributed by atoms with E-state index in [0.29, 0.717) is 34.1 Å². The molecule has 0 spiro atoms. The van der Waals surface area contributed by atoms with Gasteiger partial charge in [-0.3, -0.25) is 13.9 Å². The van der Waals surface area contributed by atoms with Gasteiger partial charge in [0.15, 0.2) is 28.5 Å². The fourth-order valence-corrected chi connectivity index (χ4v) is 2.67. The first kappa shape index (κ1) is 17.4. The Morgan fingerprint density at radius 1 is 0.923 bits per heavy atom. The van der Waals surface area contributed by atoms with Crippen LogP contribution < -0.4 is 20.7 Å². The molecule has 0 amide bonds. The molecule has 8 nitrogen and oxygen atoms in total. The Labute approximate surface area is 149 Å². The van der Waals surface area contributed by atoms with Crippen molar-refractivity contribution in [1.82, 2.24) is 18.7 Å². The molecule has 0 fully saturated rings. The van der Waals surface area contributed by atoms with E-state index < -0.39 is 11.2 Å². The van der Waals surface area contributed by atoms with Gasteiger partial charge < -0.3 is 14.0 Å². The Hall–Kier alpha value is -3.47. The Kier molecular flexibility index (Phi) is 4.30. The maximum Gasteiger partial charge on any atom is 0.332 e. The highest BCUT2D eigenvalue weighted by atomic mass is 16.5. The van der Waals surface area contributed by atoms with Gasteiger partial charge in [-0.25, -0.2) is 9.78 Å². The molecule has 0 aliphatic rings. The number of nitrogens with zero attached hydrogens (tertiary/aromatic N) is 4. The summed E-state index contributed by atoms with van der Waals surface area (Å²) in [6.45, 7) is 0. The topological polar surface area (TPSA) is 80.3 Å². The van der Waals surface area contributed by atoms with Crippen LogP contribution in [0.5, 0.6) is 11.5 Å². The minimum absolute atomic E-state index is 0.303. The summed E-state index contributed by atoms with van der Waals surface area (Å²) in [4.78, 5) is 28.8. The Morgan fingerprint density at radius 2 is 1.62 bits per heavy atom. The minimum Gasteiger partial charge on any atom is -0.493 e. The highest BCUT2D eigenvalue weighted by Gasteiger charge is 2.15. The second-order valence-electron chi connectivity index (χ2n) is 5.69. The molecule has 26 heavy (non-hydrogen) atoms. The standard InChI is InChI=1S/C18H18N4O4/c1-20-14(9-7-11-6-8-12(25-4)13(10-11)26-5)19-16-15(20)17(23)22(3)18(24)21(16)2/h6,8,10H,1-5H3. The van der Waals surface area contributed by atoms with Crippen LogP contribution in [-0.2, 0) is 21.1 Å². The van der Waals surface area contributed by atoms with E-state index in [1.54, 1.807) is 51.1 Å². The van der Waals surface area contributed by atoms with Crippen LogP contribution in [0.1, 0.15) is 11.4 Å². The number of imidazole rings is 1. The van der Waals surface area contributed by atoms with Crippen molar-refractivity contribution >= 4 is 11.2 Å². The number of fused-ring (bicyclic) bond motifs is 1. The number of hydrogen-bond acceptors (Lipinski definition) is 5. The van der Waals surface area contributed by atoms with Gasteiger partial charge >= 0.3 is 5.69 Å². The van der Waals surface area contributed by atoms with Crippen molar-refractivity contribution in [3.8, 4) is 23.3 Å². The van der Waals surface area contributed by atoms with Crippen LogP contribution in [0.4, 0.5) is 0 Å². The van der Waals surface area contributed by atoms with Gasteiger partial charge in [-0.1, -0.05) is 5.92 Å². The smallest absolute Gasteiger partial charge is 0.332 e. The first-order chi connectivity index (χ1) is 12.4. The van der Waals surface area contributed by atoms with Gasteiger partial charge in [0.1, 0.15) is 0 Å². The third kappa shape index (κ3) is 2.63. The highest BCUT2D eigenvalue weighted by molar-refractivity contribution is 5.72. The summed E-state index contributed by atoms with van der Waals surface area (Å²) in [5.74, 6) is 7.50. The highest BCUT2D eigenvalue weighted by Crippen LogP contribution is 2.27. The van der Waals surface area contributed by atoms with Crippen molar-refractivity contribution in [2.75, 3.05) is 14.2 Å². The van der Waals surface area contributed by atoms with Gasteiger partial charge in [0.05, 0.1) is 14.2 Å². The molecule has 0 N–H and O–H groups in total. The van der Waals surface area contributed by atoms with Crippen LogP contribution in [0.2, 0.25) is 0 Å². The normalized spacial score (nSPS) is 10.5. The summed E-state index contributed by atoms with van der Waals surface area (Å²) in [5, 5.41) is 0. The van der Waals surface area contributed by atoms with Crippen LogP contribution >= 0.6 is 0 Å². The lowest BCUT2D eigenvalue weighted by molar-refractivity contribution is 0.355. The number of ether oxygens (including phenoxy) is 2. The van der Waals surface area contributed by atoms with Gasteiger partial charge in [0, 0.05) is 26.7 Å². The first-order valence-electron chi connectivity index (χ1n) is 7.75. The Bertz CT molecular complexity index is 1190. The van der Waals surface area contributed by atoms with Crippen molar-refractivity contribution in [3.63, 3.8) is 0 Å². The van der Waals surface area contributed by atoms with Crippen LogP contribution in [0.3, 0.4) is 0 Å². The van der Waals surface area contributed by atoms with Gasteiger partial charge in [-0.05, 0) is 24.1 Å². The number of aryl methyl sites for hydroxylation is 2. The van der Waals surface area contributed by atoms with Gasteiger partial charge in [-0.15, -0.1) is 0 Å². The molecule has 2 heterocycles. The van der Waals surface area contributed by atoms with Crippen LogP contribution in [0, 0.1) is 11.8 Å². The predicted octanol–water partition coefficient (Wildman–Crippen LogP) is 0.388. The Balaban J connectivity index is 2.15.